The molecule has 1 aliphatic heterocycles. The number of anilines is 1. The monoisotopic (exact) mass is 445 g/mol. The van der Waals surface area contributed by atoms with Crippen LogP contribution in [0.2, 0.25) is 0 Å². The summed E-state index contributed by atoms with van der Waals surface area (Å²) in [6.07, 6.45) is 3.04. The number of carbonyl (C=O) groups excluding carboxylic acids is 2. The van der Waals surface area contributed by atoms with Crippen molar-refractivity contribution in [2.75, 3.05) is 31.2 Å². The Morgan fingerprint density at radius 2 is 1.76 bits per heavy atom. The summed E-state index contributed by atoms with van der Waals surface area (Å²) in [4.78, 5) is 28.0. The third-order valence-corrected chi connectivity index (χ3v) is 5.48. The fourth-order valence-corrected chi connectivity index (χ4v) is 3.62. The van der Waals surface area contributed by atoms with Crippen molar-refractivity contribution >= 4 is 23.6 Å². The van der Waals surface area contributed by atoms with Gasteiger partial charge in [-0.1, -0.05) is 30.3 Å². The minimum Gasteiger partial charge on any atom is -0.465 e. The molecular weight excluding hydrogens is 418 g/mol. The van der Waals surface area contributed by atoms with Gasteiger partial charge in [-0.3, -0.25) is 9.59 Å². The Kier molecular flexibility index (Phi) is 7.22. The molecule has 1 aliphatic rings. The van der Waals surface area contributed by atoms with Gasteiger partial charge in [-0.2, -0.15) is 0 Å². The molecule has 0 saturated carbocycles. The summed E-state index contributed by atoms with van der Waals surface area (Å²) in [7, 11) is 0. The van der Waals surface area contributed by atoms with E-state index >= 15 is 0 Å². The summed E-state index contributed by atoms with van der Waals surface area (Å²) in [5.74, 6) is -0.276. The summed E-state index contributed by atoms with van der Waals surface area (Å²) in [6.45, 7) is 5.40. The van der Waals surface area contributed by atoms with Crippen molar-refractivity contribution in [3.8, 4) is 0 Å². The summed E-state index contributed by atoms with van der Waals surface area (Å²) < 4.78 is 10.7. The zero-order chi connectivity index (χ0) is 23.0. The van der Waals surface area contributed by atoms with Crippen molar-refractivity contribution < 1.29 is 18.7 Å². The lowest BCUT2D eigenvalue weighted by molar-refractivity contribution is -0.117. The van der Waals surface area contributed by atoms with Gasteiger partial charge in [0, 0.05) is 37.0 Å². The third-order valence-electron chi connectivity index (χ3n) is 5.48. The Hall–Kier alpha value is -3.84. The predicted octanol–water partition coefficient (Wildman–Crippen LogP) is 3.51. The summed E-state index contributed by atoms with van der Waals surface area (Å²) >= 11 is 0. The van der Waals surface area contributed by atoms with E-state index in [-0.39, 0.29) is 11.6 Å². The molecule has 0 atom stereocenters. The number of furan rings is 1. The van der Waals surface area contributed by atoms with Crippen LogP contribution in [0.1, 0.15) is 27.2 Å². The molecule has 1 saturated heterocycles. The first-order valence-corrected chi connectivity index (χ1v) is 10.9. The molecule has 0 radical (unpaired) electrons. The van der Waals surface area contributed by atoms with E-state index in [1.165, 1.54) is 12.3 Å². The molecule has 3 aromatic rings. The number of amides is 2. The number of hydrogen-bond acceptors (Lipinski definition) is 5. The predicted molar refractivity (Wildman–Crippen MR) is 127 cm³/mol. The highest BCUT2D eigenvalue weighted by atomic mass is 16.5. The Labute approximate surface area is 193 Å². The van der Waals surface area contributed by atoms with Crippen LogP contribution in [0.3, 0.4) is 0 Å². The quantitative estimate of drug-likeness (QED) is 0.544. The molecule has 1 aromatic heterocycles. The molecule has 0 bridgehead atoms. The van der Waals surface area contributed by atoms with Gasteiger partial charge in [0.25, 0.3) is 11.8 Å². The molecule has 170 valence electrons. The molecule has 2 heterocycles. The van der Waals surface area contributed by atoms with Crippen molar-refractivity contribution in [3.05, 3.63) is 95.1 Å². The summed E-state index contributed by atoms with van der Waals surface area (Å²) in [5, 5.41) is 5.62. The lowest BCUT2D eigenvalue weighted by Gasteiger charge is -2.28. The fourth-order valence-electron chi connectivity index (χ4n) is 3.62. The second-order valence-corrected chi connectivity index (χ2v) is 7.79. The van der Waals surface area contributed by atoms with Crippen LogP contribution < -0.4 is 15.5 Å². The highest BCUT2D eigenvalue weighted by molar-refractivity contribution is 6.05. The number of carbonyl (C=O) groups is 2. The third kappa shape index (κ3) is 5.90. The first-order chi connectivity index (χ1) is 16.1. The molecule has 4 rings (SSSR count). The maximum absolute atomic E-state index is 13.0. The maximum atomic E-state index is 13.0. The second kappa shape index (κ2) is 10.7. The Balaban J connectivity index is 1.43. The van der Waals surface area contributed by atoms with Crippen LogP contribution in [0.5, 0.6) is 0 Å². The molecule has 2 N–H and O–H groups in total. The van der Waals surface area contributed by atoms with Crippen LogP contribution in [0.25, 0.3) is 6.08 Å². The van der Waals surface area contributed by atoms with E-state index in [0.29, 0.717) is 17.9 Å². The van der Waals surface area contributed by atoms with E-state index < -0.39 is 5.91 Å². The lowest BCUT2D eigenvalue weighted by Crippen LogP contribution is -2.36. The number of nitrogens with one attached hydrogen (secondary N) is 2. The number of benzene rings is 2. The topological polar surface area (TPSA) is 83.8 Å². The van der Waals surface area contributed by atoms with Crippen molar-refractivity contribution in [3.63, 3.8) is 0 Å². The zero-order valence-electron chi connectivity index (χ0n) is 18.5. The van der Waals surface area contributed by atoms with Crippen molar-refractivity contribution in [2.24, 2.45) is 0 Å². The molecule has 2 aromatic carbocycles. The minimum atomic E-state index is -0.398. The SMILES string of the molecule is Cc1ccccc1C(=O)N/C(=C\c1ccco1)C(=O)NCc1ccc(N2CCOCC2)cc1. The first kappa shape index (κ1) is 22.4. The van der Waals surface area contributed by atoms with Gasteiger partial charge in [0.05, 0.1) is 19.5 Å². The number of nitrogens with zero attached hydrogens (tertiary/aromatic N) is 1. The number of morpholine rings is 1. The Morgan fingerprint density at radius 1 is 1.00 bits per heavy atom. The molecule has 2 amide bonds. The maximum Gasteiger partial charge on any atom is 0.268 e. The average molecular weight is 446 g/mol. The van der Waals surface area contributed by atoms with Crippen molar-refractivity contribution in [1.29, 1.82) is 0 Å². The number of ether oxygens (including phenoxy) is 1. The lowest BCUT2D eigenvalue weighted by atomic mass is 10.1. The smallest absolute Gasteiger partial charge is 0.268 e. The molecule has 33 heavy (non-hydrogen) atoms. The van der Waals surface area contributed by atoms with Crippen LogP contribution >= 0.6 is 0 Å². The molecule has 0 spiro atoms. The second-order valence-electron chi connectivity index (χ2n) is 7.79. The van der Waals surface area contributed by atoms with Gasteiger partial charge < -0.3 is 24.7 Å². The minimum absolute atomic E-state index is 0.114. The van der Waals surface area contributed by atoms with Gasteiger partial charge in [-0.15, -0.1) is 0 Å². The standard InChI is InChI=1S/C26H27N3O4/c1-19-5-2-3-7-23(19)25(30)28-24(17-22-6-4-14-33-22)26(31)27-18-20-8-10-21(11-9-20)29-12-15-32-16-13-29/h2-11,14,17H,12-13,15-16,18H2,1H3,(H,27,31)(H,28,30)/b24-17-. The Bertz CT molecular complexity index is 1110. The highest BCUT2D eigenvalue weighted by Gasteiger charge is 2.17. The fraction of sp³-hybridized carbons (Fsp3) is 0.231. The van der Waals surface area contributed by atoms with E-state index in [2.05, 4.69) is 15.5 Å². The van der Waals surface area contributed by atoms with Gasteiger partial charge in [-0.05, 0) is 48.4 Å². The van der Waals surface area contributed by atoms with Gasteiger partial charge in [0.1, 0.15) is 11.5 Å². The summed E-state index contributed by atoms with van der Waals surface area (Å²) in [6, 6.07) is 18.8. The normalized spacial score (nSPS) is 14.1. The van der Waals surface area contributed by atoms with Gasteiger partial charge in [0.15, 0.2) is 0 Å². The molecule has 1 fully saturated rings. The van der Waals surface area contributed by atoms with E-state index in [0.717, 1.165) is 43.1 Å². The summed E-state index contributed by atoms with van der Waals surface area (Å²) in [5.41, 5.74) is 3.55. The van der Waals surface area contributed by atoms with Crippen LogP contribution in [0.4, 0.5) is 5.69 Å². The van der Waals surface area contributed by atoms with Crippen molar-refractivity contribution in [2.45, 2.75) is 13.5 Å². The van der Waals surface area contributed by atoms with Crippen LogP contribution in [-0.4, -0.2) is 38.1 Å². The molecule has 0 aliphatic carbocycles. The van der Waals surface area contributed by atoms with E-state index in [9.17, 15) is 9.59 Å². The number of hydrogen-bond donors (Lipinski definition) is 2. The van der Waals surface area contributed by atoms with Crippen LogP contribution in [0.15, 0.2) is 77.0 Å². The van der Waals surface area contributed by atoms with Gasteiger partial charge in [-0.25, -0.2) is 0 Å². The van der Waals surface area contributed by atoms with E-state index in [4.69, 9.17) is 9.15 Å². The first-order valence-electron chi connectivity index (χ1n) is 10.9. The Morgan fingerprint density at radius 3 is 2.45 bits per heavy atom. The molecular formula is C26H27N3O4. The highest BCUT2D eigenvalue weighted by Crippen LogP contribution is 2.17. The number of rotatable bonds is 7. The molecule has 7 heteroatoms. The molecule has 7 nitrogen and oxygen atoms in total. The van der Waals surface area contributed by atoms with Gasteiger partial charge >= 0.3 is 0 Å². The molecule has 0 unspecified atom stereocenters. The van der Waals surface area contributed by atoms with Crippen LogP contribution in [-0.2, 0) is 16.1 Å². The zero-order valence-corrected chi connectivity index (χ0v) is 18.5. The van der Waals surface area contributed by atoms with E-state index in [1.807, 2.05) is 43.3 Å². The van der Waals surface area contributed by atoms with Gasteiger partial charge in [0.2, 0.25) is 0 Å². The average Bonchev–Trinajstić information content (AvgIpc) is 3.36. The number of aryl methyl sites for hydroxylation is 1. The van der Waals surface area contributed by atoms with Crippen molar-refractivity contribution in [1.82, 2.24) is 10.6 Å². The van der Waals surface area contributed by atoms with Crippen LogP contribution in [0, 0.1) is 6.92 Å². The largest absolute Gasteiger partial charge is 0.465 e. The van der Waals surface area contributed by atoms with E-state index in [1.54, 1.807) is 24.3 Å².